The molecule has 3 N–H and O–H groups in total. The molecule has 1 saturated heterocycles. The third-order valence-electron chi connectivity index (χ3n) is 4.31. The molecule has 1 aliphatic rings. The molecular formula is C18H29N3O. The third-order valence-corrected chi connectivity index (χ3v) is 4.31. The predicted molar refractivity (Wildman–Crippen MR) is 90.2 cm³/mol. The van der Waals surface area contributed by atoms with Crippen LogP contribution in [0.4, 0.5) is 0 Å². The van der Waals surface area contributed by atoms with Crippen LogP contribution in [0, 0.1) is 5.41 Å². The lowest BCUT2D eigenvalue weighted by Gasteiger charge is -2.25. The first-order chi connectivity index (χ1) is 10.4. The van der Waals surface area contributed by atoms with Gasteiger partial charge in [0, 0.05) is 13.1 Å². The normalized spacial score (nSPS) is 17.5. The molecule has 0 saturated carbocycles. The Labute approximate surface area is 134 Å². The van der Waals surface area contributed by atoms with Crippen molar-refractivity contribution in [3.63, 3.8) is 0 Å². The molecule has 122 valence electrons. The summed E-state index contributed by atoms with van der Waals surface area (Å²) in [5.41, 5.74) is 8.18. The second kappa shape index (κ2) is 7.25. The van der Waals surface area contributed by atoms with Gasteiger partial charge in [0.25, 0.3) is 0 Å². The number of rotatable bonds is 5. The lowest BCUT2D eigenvalue weighted by Crippen LogP contribution is -2.48. The second-order valence-corrected chi connectivity index (χ2v) is 7.36. The van der Waals surface area contributed by atoms with Crippen molar-refractivity contribution < 1.29 is 4.79 Å². The van der Waals surface area contributed by atoms with E-state index in [1.54, 1.807) is 0 Å². The molecule has 1 aliphatic heterocycles. The van der Waals surface area contributed by atoms with E-state index >= 15 is 0 Å². The number of hydrogen-bond acceptors (Lipinski definition) is 3. The minimum absolute atomic E-state index is 0.0892. The SMILES string of the molecule is CC(C)(C)[C@H](N)C(=O)NCc1ccc(CN2CCCC2)cc1. The van der Waals surface area contributed by atoms with Crippen LogP contribution >= 0.6 is 0 Å². The van der Waals surface area contributed by atoms with Crippen LogP contribution in [0.2, 0.25) is 0 Å². The van der Waals surface area contributed by atoms with E-state index in [1.807, 2.05) is 20.8 Å². The number of nitrogens with zero attached hydrogens (tertiary/aromatic N) is 1. The molecular weight excluding hydrogens is 274 g/mol. The molecule has 1 fully saturated rings. The maximum absolute atomic E-state index is 12.0. The first kappa shape index (κ1) is 17.0. The average molecular weight is 303 g/mol. The Balaban J connectivity index is 1.82. The Bertz CT molecular complexity index is 484. The molecule has 0 radical (unpaired) electrons. The summed E-state index contributed by atoms with van der Waals surface area (Å²) < 4.78 is 0. The standard InChI is InChI=1S/C18H29N3O/c1-18(2,3)16(19)17(22)20-12-14-6-8-15(9-7-14)13-21-10-4-5-11-21/h6-9,16H,4-5,10-13,19H2,1-3H3,(H,20,22)/t16-/m1/s1. The van der Waals surface area contributed by atoms with E-state index in [2.05, 4.69) is 34.5 Å². The van der Waals surface area contributed by atoms with Crippen molar-refractivity contribution in [3.8, 4) is 0 Å². The molecule has 0 aliphatic carbocycles. The van der Waals surface area contributed by atoms with Gasteiger partial charge in [-0.1, -0.05) is 45.0 Å². The summed E-state index contributed by atoms with van der Waals surface area (Å²) >= 11 is 0. The van der Waals surface area contributed by atoms with Gasteiger partial charge in [-0.05, 0) is 42.5 Å². The number of likely N-dealkylation sites (tertiary alicyclic amines) is 1. The summed E-state index contributed by atoms with van der Waals surface area (Å²) in [6.07, 6.45) is 2.64. The smallest absolute Gasteiger partial charge is 0.237 e. The molecule has 1 aromatic rings. The van der Waals surface area contributed by atoms with Gasteiger partial charge in [0.1, 0.15) is 0 Å². The highest BCUT2D eigenvalue weighted by Crippen LogP contribution is 2.17. The van der Waals surface area contributed by atoms with Gasteiger partial charge >= 0.3 is 0 Å². The van der Waals surface area contributed by atoms with E-state index in [1.165, 1.54) is 31.5 Å². The molecule has 0 unspecified atom stereocenters. The topological polar surface area (TPSA) is 58.4 Å². The van der Waals surface area contributed by atoms with Crippen molar-refractivity contribution in [2.24, 2.45) is 11.1 Å². The number of benzene rings is 1. The first-order valence-electron chi connectivity index (χ1n) is 8.20. The van der Waals surface area contributed by atoms with Crippen molar-refractivity contribution in [1.29, 1.82) is 0 Å². The number of hydrogen-bond donors (Lipinski definition) is 2. The molecule has 0 aromatic heterocycles. The highest BCUT2D eigenvalue weighted by atomic mass is 16.2. The van der Waals surface area contributed by atoms with Gasteiger partial charge in [0.05, 0.1) is 6.04 Å². The maximum atomic E-state index is 12.0. The number of nitrogens with two attached hydrogens (primary N) is 1. The van der Waals surface area contributed by atoms with Crippen molar-refractivity contribution in [1.82, 2.24) is 10.2 Å². The van der Waals surface area contributed by atoms with E-state index in [4.69, 9.17) is 5.73 Å². The molecule has 1 heterocycles. The molecule has 4 nitrogen and oxygen atoms in total. The highest BCUT2D eigenvalue weighted by Gasteiger charge is 2.27. The Morgan fingerprint density at radius 3 is 2.27 bits per heavy atom. The lowest BCUT2D eigenvalue weighted by molar-refractivity contribution is -0.124. The molecule has 0 bridgehead atoms. The summed E-state index contributed by atoms with van der Waals surface area (Å²) in [5.74, 6) is -0.0892. The fraction of sp³-hybridized carbons (Fsp3) is 0.611. The quantitative estimate of drug-likeness (QED) is 0.877. The summed E-state index contributed by atoms with van der Waals surface area (Å²) in [5, 5.41) is 2.92. The average Bonchev–Trinajstić information content (AvgIpc) is 2.97. The largest absolute Gasteiger partial charge is 0.351 e. The monoisotopic (exact) mass is 303 g/mol. The van der Waals surface area contributed by atoms with E-state index in [0.717, 1.165) is 12.1 Å². The molecule has 22 heavy (non-hydrogen) atoms. The van der Waals surface area contributed by atoms with E-state index < -0.39 is 6.04 Å². The Morgan fingerprint density at radius 1 is 1.18 bits per heavy atom. The molecule has 2 rings (SSSR count). The van der Waals surface area contributed by atoms with Crippen molar-refractivity contribution >= 4 is 5.91 Å². The number of amides is 1. The Hall–Kier alpha value is -1.39. The number of carbonyl (C=O) groups excluding carboxylic acids is 1. The minimum Gasteiger partial charge on any atom is -0.351 e. The molecule has 1 atom stereocenters. The van der Waals surface area contributed by atoms with Gasteiger partial charge in [-0.3, -0.25) is 9.69 Å². The van der Waals surface area contributed by atoms with Crippen LogP contribution < -0.4 is 11.1 Å². The number of nitrogens with one attached hydrogen (secondary N) is 1. The molecule has 0 spiro atoms. The molecule has 4 heteroatoms. The fourth-order valence-corrected chi connectivity index (χ4v) is 2.65. The van der Waals surface area contributed by atoms with Gasteiger partial charge < -0.3 is 11.1 Å². The number of carbonyl (C=O) groups is 1. The summed E-state index contributed by atoms with van der Waals surface area (Å²) in [6.45, 7) is 9.92. The van der Waals surface area contributed by atoms with Crippen LogP contribution in [-0.2, 0) is 17.9 Å². The Morgan fingerprint density at radius 2 is 1.73 bits per heavy atom. The highest BCUT2D eigenvalue weighted by molar-refractivity contribution is 5.82. The van der Waals surface area contributed by atoms with Crippen LogP contribution in [0.15, 0.2) is 24.3 Å². The zero-order chi connectivity index (χ0) is 16.2. The van der Waals surface area contributed by atoms with E-state index in [-0.39, 0.29) is 11.3 Å². The van der Waals surface area contributed by atoms with Gasteiger partial charge in [0.15, 0.2) is 0 Å². The van der Waals surface area contributed by atoms with Gasteiger partial charge in [-0.15, -0.1) is 0 Å². The summed E-state index contributed by atoms with van der Waals surface area (Å²) in [6, 6.07) is 8.01. The molecule has 1 aromatic carbocycles. The van der Waals surface area contributed by atoms with Crippen LogP contribution in [0.3, 0.4) is 0 Å². The second-order valence-electron chi connectivity index (χ2n) is 7.36. The van der Waals surface area contributed by atoms with Gasteiger partial charge in [0.2, 0.25) is 5.91 Å². The van der Waals surface area contributed by atoms with E-state index in [0.29, 0.717) is 6.54 Å². The maximum Gasteiger partial charge on any atom is 0.237 e. The van der Waals surface area contributed by atoms with Gasteiger partial charge in [-0.25, -0.2) is 0 Å². The predicted octanol–water partition coefficient (Wildman–Crippen LogP) is 2.27. The zero-order valence-electron chi connectivity index (χ0n) is 14.1. The fourth-order valence-electron chi connectivity index (χ4n) is 2.65. The van der Waals surface area contributed by atoms with Crippen molar-refractivity contribution in [2.45, 2.75) is 52.7 Å². The zero-order valence-corrected chi connectivity index (χ0v) is 14.1. The van der Waals surface area contributed by atoms with Crippen LogP contribution in [-0.4, -0.2) is 29.9 Å². The van der Waals surface area contributed by atoms with Crippen molar-refractivity contribution in [3.05, 3.63) is 35.4 Å². The van der Waals surface area contributed by atoms with Crippen molar-refractivity contribution in [2.75, 3.05) is 13.1 Å². The van der Waals surface area contributed by atoms with Crippen LogP contribution in [0.1, 0.15) is 44.7 Å². The first-order valence-corrected chi connectivity index (χ1v) is 8.20. The third kappa shape index (κ3) is 4.82. The molecule has 1 amide bonds. The van der Waals surface area contributed by atoms with Gasteiger partial charge in [-0.2, -0.15) is 0 Å². The summed E-state index contributed by atoms with van der Waals surface area (Å²) in [4.78, 5) is 14.5. The van der Waals surface area contributed by atoms with Crippen LogP contribution in [0.5, 0.6) is 0 Å². The Kier molecular flexibility index (Phi) is 5.59. The minimum atomic E-state index is -0.484. The van der Waals surface area contributed by atoms with E-state index in [9.17, 15) is 4.79 Å². The summed E-state index contributed by atoms with van der Waals surface area (Å²) in [7, 11) is 0. The van der Waals surface area contributed by atoms with Crippen LogP contribution in [0.25, 0.3) is 0 Å². The lowest BCUT2D eigenvalue weighted by atomic mass is 9.87.